The van der Waals surface area contributed by atoms with Crippen molar-refractivity contribution in [1.29, 1.82) is 0 Å². The molecular formula is C26H28N2O7. The summed E-state index contributed by atoms with van der Waals surface area (Å²) < 4.78 is 22.2. The molecule has 9 heteroatoms. The predicted molar refractivity (Wildman–Crippen MR) is 129 cm³/mol. The standard InChI is InChI=1S/C26H28N2O7/c1-27(2)12-13-28-21(16-9-7-11-18(33-4)25(16)34-5)20(23(30)26(28)31)22(29)19-14-15-8-6-10-17(32-3)24(15)35-19/h6-11,14,21,30H,12-13H2,1-5H3/t21-/m1/s1. The number of carbonyl (C=O) groups is 2. The molecule has 3 aromatic rings. The lowest BCUT2D eigenvalue weighted by Gasteiger charge is -2.29. The number of rotatable bonds is 9. The van der Waals surface area contributed by atoms with Crippen molar-refractivity contribution >= 4 is 22.7 Å². The summed E-state index contributed by atoms with van der Waals surface area (Å²) >= 11 is 0. The third kappa shape index (κ3) is 4.19. The van der Waals surface area contributed by atoms with Crippen LogP contribution in [-0.2, 0) is 4.79 Å². The number of likely N-dealkylation sites (N-methyl/N-ethyl adjacent to an activating group) is 1. The van der Waals surface area contributed by atoms with Crippen LogP contribution in [0, 0.1) is 0 Å². The van der Waals surface area contributed by atoms with Crippen molar-refractivity contribution in [1.82, 2.24) is 9.80 Å². The summed E-state index contributed by atoms with van der Waals surface area (Å²) in [6, 6.07) is 11.2. The average Bonchev–Trinajstić information content (AvgIpc) is 3.40. The van der Waals surface area contributed by atoms with Gasteiger partial charge in [-0.2, -0.15) is 0 Å². The van der Waals surface area contributed by atoms with Gasteiger partial charge in [-0.3, -0.25) is 9.59 Å². The predicted octanol–water partition coefficient (Wildman–Crippen LogP) is 3.60. The number of amides is 1. The number of hydrogen-bond acceptors (Lipinski definition) is 8. The fourth-order valence-electron chi connectivity index (χ4n) is 4.32. The first-order chi connectivity index (χ1) is 16.8. The first-order valence-electron chi connectivity index (χ1n) is 11.0. The van der Waals surface area contributed by atoms with Crippen LogP contribution in [0.1, 0.15) is 22.2 Å². The van der Waals surface area contributed by atoms with E-state index in [-0.39, 0.29) is 17.9 Å². The Morgan fingerprint density at radius 3 is 2.40 bits per heavy atom. The van der Waals surface area contributed by atoms with Gasteiger partial charge in [-0.15, -0.1) is 0 Å². The van der Waals surface area contributed by atoms with Gasteiger partial charge in [0.05, 0.1) is 32.9 Å². The molecule has 4 rings (SSSR count). The number of methoxy groups -OCH3 is 3. The Kier molecular flexibility index (Phi) is 6.70. The lowest BCUT2D eigenvalue weighted by atomic mass is 9.94. The van der Waals surface area contributed by atoms with Crippen molar-refractivity contribution in [3.63, 3.8) is 0 Å². The van der Waals surface area contributed by atoms with Gasteiger partial charge in [-0.05, 0) is 32.3 Å². The number of aliphatic hydroxyl groups is 1. The van der Waals surface area contributed by atoms with Crippen LogP contribution in [-0.4, -0.2) is 75.1 Å². The normalized spacial score (nSPS) is 15.9. The quantitative estimate of drug-likeness (QED) is 0.464. The molecule has 9 nitrogen and oxygen atoms in total. The summed E-state index contributed by atoms with van der Waals surface area (Å²) in [6.45, 7) is 0.788. The number of benzene rings is 2. The number of nitrogens with zero attached hydrogens (tertiary/aromatic N) is 2. The zero-order valence-electron chi connectivity index (χ0n) is 20.3. The van der Waals surface area contributed by atoms with Crippen LogP contribution in [0.15, 0.2) is 58.2 Å². The number of Topliss-reactive ketones (excluding diaryl/α,β-unsaturated/α-hetero) is 1. The molecule has 0 saturated heterocycles. The van der Waals surface area contributed by atoms with E-state index in [2.05, 4.69) is 0 Å². The number of hydrogen-bond donors (Lipinski definition) is 1. The Balaban J connectivity index is 1.87. The zero-order chi connectivity index (χ0) is 25.3. The minimum atomic E-state index is -0.907. The number of ether oxygens (including phenoxy) is 3. The first-order valence-corrected chi connectivity index (χ1v) is 11.0. The fraction of sp³-hybridized carbons (Fsp3) is 0.308. The maximum atomic E-state index is 13.8. The molecule has 1 atom stereocenters. The van der Waals surface area contributed by atoms with Crippen molar-refractivity contribution in [2.45, 2.75) is 6.04 Å². The van der Waals surface area contributed by atoms with E-state index >= 15 is 0 Å². The Morgan fingerprint density at radius 2 is 1.74 bits per heavy atom. The molecule has 1 aliphatic heterocycles. The lowest BCUT2D eigenvalue weighted by Crippen LogP contribution is -2.36. The van der Waals surface area contributed by atoms with E-state index in [1.165, 1.54) is 26.2 Å². The molecule has 0 bridgehead atoms. The zero-order valence-corrected chi connectivity index (χ0v) is 20.3. The van der Waals surface area contributed by atoms with Crippen molar-refractivity contribution in [2.24, 2.45) is 0 Å². The molecule has 1 aliphatic rings. The minimum absolute atomic E-state index is 0.0137. The summed E-state index contributed by atoms with van der Waals surface area (Å²) in [5.74, 6) is -0.585. The molecule has 0 spiro atoms. The number of fused-ring (bicyclic) bond motifs is 1. The molecular weight excluding hydrogens is 452 g/mol. The van der Waals surface area contributed by atoms with Gasteiger partial charge in [0.2, 0.25) is 5.78 Å². The molecule has 2 heterocycles. The van der Waals surface area contributed by atoms with Gasteiger partial charge in [-0.1, -0.05) is 24.3 Å². The van der Waals surface area contributed by atoms with Gasteiger partial charge in [0.1, 0.15) is 0 Å². The highest BCUT2D eigenvalue weighted by Gasteiger charge is 2.45. The third-order valence-corrected chi connectivity index (χ3v) is 6.02. The van der Waals surface area contributed by atoms with E-state index in [4.69, 9.17) is 18.6 Å². The molecule has 1 amide bonds. The topological polar surface area (TPSA) is 102 Å². The van der Waals surface area contributed by atoms with Crippen molar-refractivity contribution in [3.05, 3.63) is 65.1 Å². The van der Waals surface area contributed by atoms with E-state index in [1.54, 1.807) is 42.5 Å². The van der Waals surface area contributed by atoms with Crippen molar-refractivity contribution < 1.29 is 33.3 Å². The summed E-state index contributed by atoms with van der Waals surface area (Å²) in [6.07, 6.45) is 0. The maximum absolute atomic E-state index is 13.8. The average molecular weight is 481 g/mol. The second kappa shape index (κ2) is 9.71. The molecule has 0 radical (unpaired) electrons. The highest BCUT2D eigenvalue weighted by Crippen LogP contribution is 2.45. The Labute approximate surface area is 203 Å². The molecule has 0 unspecified atom stereocenters. The van der Waals surface area contributed by atoms with Gasteiger partial charge in [0.15, 0.2) is 34.4 Å². The maximum Gasteiger partial charge on any atom is 0.290 e. The highest BCUT2D eigenvalue weighted by atomic mass is 16.5. The number of para-hydroxylation sites is 2. The Bertz CT molecular complexity index is 1310. The van der Waals surface area contributed by atoms with E-state index in [9.17, 15) is 14.7 Å². The number of aliphatic hydroxyl groups excluding tert-OH is 1. The van der Waals surface area contributed by atoms with Crippen molar-refractivity contribution in [3.8, 4) is 17.2 Å². The van der Waals surface area contributed by atoms with Crippen molar-refractivity contribution in [2.75, 3.05) is 48.5 Å². The molecule has 0 aliphatic carbocycles. The van der Waals surface area contributed by atoms with Gasteiger partial charge >= 0.3 is 0 Å². The molecule has 35 heavy (non-hydrogen) atoms. The van der Waals surface area contributed by atoms with Crippen LogP contribution in [0.5, 0.6) is 17.2 Å². The number of carbonyl (C=O) groups excluding carboxylic acids is 2. The largest absolute Gasteiger partial charge is 0.503 e. The molecule has 1 N–H and O–H groups in total. The first kappa shape index (κ1) is 24.2. The second-order valence-electron chi connectivity index (χ2n) is 8.37. The van der Waals surface area contributed by atoms with Gasteiger partial charge in [-0.25, -0.2) is 0 Å². The summed E-state index contributed by atoms with van der Waals surface area (Å²) in [4.78, 5) is 30.4. The van der Waals surface area contributed by atoms with Gasteiger partial charge < -0.3 is 33.5 Å². The summed E-state index contributed by atoms with van der Waals surface area (Å²) in [5.41, 5.74) is 0.834. The van der Waals surface area contributed by atoms with Gasteiger partial charge in [0.25, 0.3) is 5.91 Å². The third-order valence-electron chi connectivity index (χ3n) is 6.02. The van der Waals surface area contributed by atoms with E-state index in [0.29, 0.717) is 40.3 Å². The fourth-order valence-corrected chi connectivity index (χ4v) is 4.32. The second-order valence-corrected chi connectivity index (χ2v) is 8.37. The molecule has 0 saturated carbocycles. The lowest BCUT2D eigenvalue weighted by molar-refractivity contribution is -0.129. The monoisotopic (exact) mass is 480 g/mol. The minimum Gasteiger partial charge on any atom is -0.503 e. The smallest absolute Gasteiger partial charge is 0.290 e. The van der Waals surface area contributed by atoms with E-state index < -0.39 is 23.5 Å². The van der Waals surface area contributed by atoms with Crippen LogP contribution < -0.4 is 14.2 Å². The SMILES string of the molecule is COc1cccc([C@@H]2C(C(=O)c3cc4cccc(OC)c4o3)=C(O)C(=O)N2CCN(C)C)c1OC. The molecule has 184 valence electrons. The Morgan fingerprint density at radius 1 is 1.06 bits per heavy atom. The molecule has 2 aromatic carbocycles. The molecule has 0 fully saturated rings. The Hall–Kier alpha value is -3.98. The highest BCUT2D eigenvalue weighted by molar-refractivity contribution is 6.16. The van der Waals surface area contributed by atoms with Crippen LogP contribution in [0.4, 0.5) is 0 Å². The van der Waals surface area contributed by atoms with Crippen LogP contribution in [0.2, 0.25) is 0 Å². The summed E-state index contributed by atoms with van der Waals surface area (Å²) in [5, 5.41) is 11.6. The molecule has 1 aromatic heterocycles. The van der Waals surface area contributed by atoms with Crippen LogP contribution in [0.3, 0.4) is 0 Å². The van der Waals surface area contributed by atoms with Gasteiger partial charge in [0, 0.05) is 24.0 Å². The van der Waals surface area contributed by atoms with Crippen LogP contribution >= 0.6 is 0 Å². The van der Waals surface area contributed by atoms with E-state index in [0.717, 1.165) is 0 Å². The van der Waals surface area contributed by atoms with E-state index in [1.807, 2.05) is 19.0 Å². The number of ketones is 1. The number of furan rings is 1. The van der Waals surface area contributed by atoms with Crippen LogP contribution in [0.25, 0.3) is 11.0 Å². The summed E-state index contributed by atoms with van der Waals surface area (Å²) in [7, 11) is 8.26.